The van der Waals surface area contributed by atoms with Crippen LogP contribution in [0.15, 0.2) is 0 Å². The lowest BCUT2D eigenvalue weighted by atomic mass is 10.2. The van der Waals surface area contributed by atoms with Gasteiger partial charge in [-0.1, -0.05) is 25.2 Å². The predicted molar refractivity (Wildman–Crippen MR) is 42.6 cm³/mol. The lowest BCUT2D eigenvalue weighted by molar-refractivity contribution is 0.221. The van der Waals surface area contributed by atoms with Gasteiger partial charge in [-0.05, 0) is 13.5 Å². The lowest BCUT2D eigenvalue weighted by Gasteiger charge is -1.97. The fraction of sp³-hybridized carbons (Fsp3) is 0.750. The Labute approximate surface area is 62.6 Å². The quantitative estimate of drug-likeness (QED) is 0.557. The van der Waals surface area contributed by atoms with Gasteiger partial charge in [-0.25, -0.2) is 0 Å². The summed E-state index contributed by atoms with van der Waals surface area (Å²) < 4.78 is 0. The second-order valence-corrected chi connectivity index (χ2v) is 2.16. The van der Waals surface area contributed by atoms with Crippen LogP contribution in [0, 0.1) is 11.8 Å². The van der Waals surface area contributed by atoms with Gasteiger partial charge in [0.25, 0.3) is 0 Å². The summed E-state index contributed by atoms with van der Waals surface area (Å²) in [5.41, 5.74) is 0. The summed E-state index contributed by atoms with van der Waals surface area (Å²) in [5, 5.41) is 12.0. The van der Waals surface area contributed by atoms with Gasteiger partial charge in [0, 0.05) is 0 Å². The highest BCUT2D eigenvalue weighted by Gasteiger charge is 1.93. The van der Waals surface area contributed by atoms with E-state index in [9.17, 15) is 0 Å². The van der Waals surface area contributed by atoms with Crippen molar-refractivity contribution in [3.8, 4) is 11.8 Å². The van der Waals surface area contributed by atoms with Gasteiger partial charge < -0.3 is 10.4 Å². The molecule has 0 spiro atoms. The number of hydrogen-bond donors (Lipinski definition) is 2. The van der Waals surface area contributed by atoms with Crippen LogP contribution < -0.4 is 5.32 Å². The molecule has 0 aromatic heterocycles. The molecule has 0 aliphatic heterocycles. The first-order chi connectivity index (χ1) is 4.81. The largest absolute Gasteiger partial charge is 0.380 e. The van der Waals surface area contributed by atoms with E-state index in [1.165, 1.54) is 0 Å². The van der Waals surface area contributed by atoms with Gasteiger partial charge in [0.05, 0.1) is 6.54 Å². The highest BCUT2D eigenvalue weighted by molar-refractivity contribution is 5.05. The van der Waals surface area contributed by atoms with Crippen LogP contribution in [-0.4, -0.2) is 24.8 Å². The molecule has 0 aromatic carbocycles. The van der Waals surface area contributed by atoms with Crippen LogP contribution in [0.1, 0.15) is 19.8 Å². The minimum absolute atomic E-state index is 0.432. The minimum Gasteiger partial charge on any atom is -0.380 e. The minimum atomic E-state index is -0.432. The first-order valence-electron chi connectivity index (χ1n) is 3.62. The van der Waals surface area contributed by atoms with E-state index in [4.69, 9.17) is 5.11 Å². The number of nitrogens with one attached hydrogen (secondary N) is 1. The summed E-state index contributed by atoms with van der Waals surface area (Å²) in [6, 6.07) is 0. The molecule has 1 unspecified atom stereocenters. The Hall–Kier alpha value is -0.520. The zero-order valence-electron chi connectivity index (χ0n) is 6.65. The zero-order valence-corrected chi connectivity index (χ0v) is 6.65. The fourth-order valence-corrected chi connectivity index (χ4v) is 0.603. The van der Waals surface area contributed by atoms with Crippen LogP contribution in [-0.2, 0) is 0 Å². The summed E-state index contributed by atoms with van der Waals surface area (Å²) in [4.78, 5) is 0. The molecule has 0 fully saturated rings. The number of aliphatic hydroxyl groups excluding tert-OH is 1. The molecule has 0 saturated carbocycles. The van der Waals surface area contributed by atoms with E-state index in [2.05, 4.69) is 17.2 Å². The number of rotatable bonds is 3. The van der Waals surface area contributed by atoms with E-state index < -0.39 is 6.10 Å². The molecule has 2 nitrogen and oxygen atoms in total. The van der Waals surface area contributed by atoms with Crippen molar-refractivity contribution in [2.45, 2.75) is 25.9 Å². The average Bonchev–Trinajstić information content (AvgIpc) is 1.89. The van der Waals surface area contributed by atoms with Crippen molar-refractivity contribution in [3.63, 3.8) is 0 Å². The highest BCUT2D eigenvalue weighted by atomic mass is 16.3. The molecular formula is C8H15NO. The monoisotopic (exact) mass is 141 g/mol. The molecule has 0 amide bonds. The smallest absolute Gasteiger partial charge is 0.114 e. The Kier molecular flexibility index (Phi) is 6.25. The molecule has 0 rings (SSSR count). The van der Waals surface area contributed by atoms with Gasteiger partial charge in [-0.15, -0.1) is 0 Å². The summed E-state index contributed by atoms with van der Waals surface area (Å²) >= 11 is 0. The van der Waals surface area contributed by atoms with E-state index in [1.807, 2.05) is 14.0 Å². The maximum atomic E-state index is 9.07. The Morgan fingerprint density at radius 2 is 2.30 bits per heavy atom. The Bertz CT molecular complexity index is 123. The fourth-order valence-electron chi connectivity index (χ4n) is 0.603. The summed E-state index contributed by atoms with van der Waals surface area (Å²) in [7, 11) is 1.83. The highest BCUT2D eigenvalue weighted by Crippen LogP contribution is 1.92. The first kappa shape index (κ1) is 9.48. The predicted octanol–water partition coefficient (Wildman–Crippen LogP) is 0.370. The van der Waals surface area contributed by atoms with Gasteiger partial charge in [0.1, 0.15) is 6.10 Å². The van der Waals surface area contributed by atoms with Crippen LogP contribution >= 0.6 is 0 Å². The van der Waals surface area contributed by atoms with Crippen LogP contribution in [0.2, 0.25) is 0 Å². The summed E-state index contributed by atoms with van der Waals surface area (Å²) in [6.45, 7) is 2.68. The second-order valence-electron chi connectivity index (χ2n) is 2.16. The van der Waals surface area contributed by atoms with Crippen molar-refractivity contribution < 1.29 is 5.11 Å². The van der Waals surface area contributed by atoms with E-state index in [1.54, 1.807) is 0 Å². The van der Waals surface area contributed by atoms with E-state index in [-0.39, 0.29) is 0 Å². The topological polar surface area (TPSA) is 32.3 Å². The molecule has 0 heterocycles. The molecular weight excluding hydrogens is 126 g/mol. The molecule has 0 radical (unpaired) electrons. The number of hydrogen-bond acceptors (Lipinski definition) is 2. The molecule has 58 valence electrons. The van der Waals surface area contributed by atoms with Crippen molar-refractivity contribution in [2.24, 2.45) is 0 Å². The van der Waals surface area contributed by atoms with E-state index in [0.717, 1.165) is 12.8 Å². The SMILES string of the molecule is CCCC(O)C#CCNC. The van der Waals surface area contributed by atoms with Crippen LogP contribution in [0.3, 0.4) is 0 Å². The number of aliphatic hydroxyl groups is 1. The molecule has 1 atom stereocenters. The molecule has 2 N–H and O–H groups in total. The zero-order chi connectivity index (χ0) is 7.82. The first-order valence-corrected chi connectivity index (χ1v) is 3.62. The average molecular weight is 141 g/mol. The van der Waals surface area contributed by atoms with E-state index in [0.29, 0.717) is 6.54 Å². The Morgan fingerprint density at radius 3 is 2.80 bits per heavy atom. The normalized spacial score (nSPS) is 11.9. The van der Waals surface area contributed by atoms with Crippen LogP contribution in [0.4, 0.5) is 0 Å². The van der Waals surface area contributed by atoms with Crippen molar-refractivity contribution in [1.29, 1.82) is 0 Å². The maximum absolute atomic E-state index is 9.07. The summed E-state index contributed by atoms with van der Waals surface area (Å²) in [5.74, 6) is 5.54. The maximum Gasteiger partial charge on any atom is 0.114 e. The molecule has 2 heteroatoms. The van der Waals surface area contributed by atoms with Crippen LogP contribution in [0.25, 0.3) is 0 Å². The molecule has 0 saturated heterocycles. The third kappa shape index (κ3) is 5.61. The molecule has 10 heavy (non-hydrogen) atoms. The van der Waals surface area contributed by atoms with Gasteiger partial charge in [0.15, 0.2) is 0 Å². The standard InChI is InChI=1S/C8H15NO/c1-3-5-8(10)6-4-7-9-2/h8-10H,3,5,7H2,1-2H3. The molecule has 0 aliphatic rings. The van der Waals surface area contributed by atoms with E-state index >= 15 is 0 Å². The lowest BCUT2D eigenvalue weighted by Crippen LogP contribution is -2.07. The summed E-state index contributed by atoms with van der Waals surface area (Å²) in [6.07, 6.45) is 1.32. The van der Waals surface area contributed by atoms with Crippen LogP contribution in [0.5, 0.6) is 0 Å². The van der Waals surface area contributed by atoms with Gasteiger partial charge in [-0.3, -0.25) is 0 Å². The van der Waals surface area contributed by atoms with Gasteiger partial charge in [0.2, 0.25) is 0 Å². The Morgan fingerprint density at radius 1 is 1.60 bits per heavy atom. The third-order valence-corrected chi connectivity index (χ3v) is 1.10. The van der Waals surface area contributed by atoms with Crippen molar-refractivity contribution in [2.75, 3.05) is 13.6 Å². The Balaban J connectivity index is 3.37. The molecule has 0 aromatic rings. The third-order valence-electron chi connectivity index (χ3n) is 1.10. The van der Waals surface area contributed by atoms with Gasteiger partial charge >= 0.3 is 0 Å². The second kappa shape index (κ2) is 6.60. The molecule has 0 bridgehead atoms. The van der Waals surface area contributed by atoms with Crippen molar-refractivity contribution in [1.82, 2.24) is 5.32 Å². The van der Waals surface area contributed by atoms with Crippen molar-refractivity contribution in [3.05, 3.63) is 0 Å². The van der Waals surface area contributed by atoms with Gasteiger partial charge in [-0.2, -0.15) is 0 Å². The van der Waals surface area contributed by atoms with Crippen molar-refractivity contribution >= 4 is 0 Å². The molecule has 0 aliphatic carbocycles.